The molecule has 0 radical (unpaired) electrons. The number of fused-ring (bicyclic) bond motifs is 2. The van der Waals surface area contributed by atoms with Crippen molar-refractivity contribution in [3.8, 4) is 0 Å². The summed E-state index contributed by atoms with van der Waals surface area (Å²) in [6.45, 7) is 1.39. The number of amides is 2. The van der Waals surface area contributed by atoms with E-state index < -0.39 is 11.9 Å². The third kappa shape index (κ3) is 4.59. The topological polar surface area (TPSA) is 104 Å². The van der Waals surface area contributed by atoms with Crippen LogP contribution in [0.5, 0.6) is 0 Å². The van der Waals surface area contributed by atoms with Crippen molar-refractivity contribution in [1.29, 1.82) is 5.41 Å². The first-order valence-electron chi connectivity index (χ1n) is 12.0. The van der Waals surface area contributed by atoms with Crippen LogP contribution in [0.15, 0.2) is 42.6 Å². The van der Waals surface area contributed by atoms with Gasteiger partial charge in [-0.15, -0.1) is 0 Å². The first-order valence-corrected chi connectivity index (χ1v) is 12.4. The summed E-state index contributed by atoms with van der Waals surface area (Å²) < 4.78 is 20.9. The van der Waals surface area contributed by atoms with Gasteiger partial charge >= 0.3 is 0 Å². The predicted molar refractivity (Wildman–Crippen MR) is 136 cm³/mol. The van der Waals surface area contributed by atoms with Crippen molar-refractivity contribution in [2.75, 3.05) is 7.11 Å². The summed E-state index contributed by atoms with van der Waals surface area (Å²) in [4.78, 5) is 40.5. The van der Waals surface area contributed by atoms with Crippen molar-refractivity contribution < 1.29 is 23.5 Å². The maximum absolute atomic E-state index is 14.2. The molecular formula is C27H26ClFN4O4. The summed E-state index contributed by atoms with van der Waals surface area (Å²) >= 11 is 5.84. The highest BCUT2D eigenvalue weighted by atomic mass is 35.5. The number of nitrogens with one attached hydrogen (secondary N) is 2. The van der Waals surface area contributed by atoms with E-state index in [4.69, 9.17) is 21.7 Å². The molecule has 1 saturated heterocycles. The van der Waals surface area contributed by atoms with Crippen LogP contribution in [0.2, 0.25) is 5.02 Å². The Morgan fingerprint density at radius 2 is 2.00 bits per heavy atom. The number of likely N-dealkylation sites (tertiary alicyclic amines) is 1. The Bertz CT molecular complexity index is 1450. The Balaban J connectivity index is 1.35. The second-order valence-corrected chi connectivity index (χ2v) is 9.95. The van der Waals surface area contributed by atoms with Crippen LogP contribution in [0.4, 0.5) is 4.39 Å². The maximum atomic E-state index is 14.2. The number of rotatable bonds is 7. The fourth-order valence-corrected chi connectivity index (χ4v) is 5.42. The number of carbonyl (C=O) groups excluding carboxylic acids is 3. The molecule has 2 heterocycles. The number of benzene rings is 2. The van der Waals surface area contributed by atoms with Crippen molar-refractivity contribution in [1.82, 2.24) is 14.8 Å². The highest BCUT2D eigenvalue weighted by Gasteiger charge is 2.55. The molecule has 2 N–H and O–H groups in total. The number of nitrogens with zero attached hydrogens (tertiary/aromatic N) is 2. The van der Waals surface area contributed by atoms with E-state index in [0.29, 0.717) is 28.5 Å². The summed E-state index contributed by atoms with van der Waals surface area (Å²) in [5, 5.41) is 11.3. The summed E-state index contributed by atoms with van der Waals surface area (Å²) in [5.41, 5.74) is 1.92. The van der Waals surface area contributed by atoms with Gasteiger partial charge in [-0.2, -0.15) is 0 Å². The second-order valence-electron chi connectivity index (χ2n) is 9.54. The minimum atomic E-state index is -0.638. The van der Waals surface area contributed by atoms with Gasteiger partial charge in [0.15, 0.2) is 5.78 Å². The summed E-state index contributed by atoms with van der Waals surface area (Å²) in [5.74, 6) is -1.03. The Kier molecular flexibility index (Phi) is 6.49. The van der Waals surface area contributed by atoms with Crippen molar-refractivity contribution in [3.63, 3.8) is 0 Å². The molecule has 2 fully saturated rings. The lowest BCUT2D eigenvalue weighted by Crippen LogP contribution is -2.48. The molecule has 0 unspecified atom stereocenters. The number of methoxy groups -OCH3 is 1. The van der Waals surface area contributed by atoms with Crippen molar-refractivity contribution in [2.24, 2.45) is 5.92 Å². The zero-order valence-electron chi connectivity index (χ0n) is 20.4. The zero-order chi connectivity index (χ0) is 26.4. The summed E-state index contributed by atoms with van der Waals surface area (Å²) in [6, 6.07) is 9.15. The largest absolute Gasteiger partial charge is 0.481 e. The minimum absolute atomic E-state index is 0.00837. The molecule has 3 aromatic rings. The van der Waals surface area contributed by atoms with Gasteiger partial charge in [0.1, 0.15) is 18.4 Å². The maximum Gasteiger partial charge on any atom is 0.243 e. The third-order valence-electron chi connectivity index (χ3n) is 7.21. The Morgan fingerprint density at radius 3 is 2.73 bits per heavy atom. The molecule has 1 aromatic heterocycles. The average Bonchev–Trinajstić information content (AvgIpc) is 3.39. The van der Waals surface area contributed by atoms with Gasteiger partial charge in [-0.1, -0.05) is 23.7 Å². The Hall–Kier alpha value is -3.72. The first kappa shape index (κ1) is 25.0. The highest BCUT2D eigenvalue weighted by Crippen LogP contribution is 2.48. The van der Waals surface area contributed by atoms with Crippen LogP contribution in [0.3, 0.4) is 0 Å². The predicted octanol–water partition coefficient (Wildman–Crippen LogP) is 3.91. The van der Waals surface area contributed by atoms with Gasteiger partial charge < -0.3 is 19.5 Å². The standard InChI is InChI=1S/C27H26ClFN4O4/c1-14(34)19-12-32(21-7-6-15(8-18(19)21)26(30)37-2)13-24(35)33-22-9-17(22)10-23(33)27(36)31-11-16-4-3-5-20(28)25(16)29/h3-8,12,17,22-23,30H,9-11,13H2,1-2H3,(H,31,36)/t17-,22-,23+/m1/s1. The number of Topliss-reactive ketones (excluding diaryl/α,β-unsaturated/α-hetero) is 1. The van der Waals surface area contributed by atoms with Crippen LogP contribution < -0.4 is 5.32 Å². The Labute approximate surface area is 217 Å². The number of hydrogen-bond acceptors (Lipinski definition) is 5. The average molecular weight is 525 g/mol. The number of aromatic nitrogens is 1. The molecule has 2 amide bonds. The second kappa shape index (κ2) is 9.63. The molecule has 0 spiro atoms. The van der Waals surface area contributed by atoms with E-state index in [-0.39, 0.29) is 59.1 Å². The van der Waals surface area contributed by atoms with Crippen LogP contribution >= 0.6 is 11.6 Å². The molecule has 192 valence electrons. The van der Waals surface area contributed by atoms with Crippen molar-refractivity contribution >= 4 is 46.0 Å². The fourth-order valence-electron chi connectivity index (χ4n) is 5.23. The van der Waals surface area contributed by atoms with Crippen molar-refractivity contribution in [3.05, 3.63) is 70.1 Å². The number of piperidine rings is 1. The quantitative estimate of drug-likeness (QED) is 0.278. The van der Waals surface area contributed by atoms with Gasteiger partial charge in [-0.25, -0.2) is 4.39 Å². The molecule has 0 bridgehead atoms. The van der Waals surface area contributed by atoms with E-state index in [1.54, 1.807) is 46.0 Å². The van der Waals surface area contributed by atoms with Gasteiger partial charge in [0.25, 0.3) is 0 Å². The number of halogens is 2. The molecule has 37 heavy (non-hydrogen) atoms. The summed E-state index contributed by atoms with van der Waals surface area (Å²) in [6.07, 6.45) is 3.06. The number of hydrogen-bond donors (Lipinski definition) is 2. The lowest BCUT2D eigenvalue weighted by atomic mass is 10.1. The van der Waals surface area contributed by atoms with Crippen LogP contribution in [0.1, 0.15) is 41.3 Å². The van der Waals surface area contributed by atoms with Crippen LogP contribution in [0, 0.1) is 17.1 Å². The fraction of sp³-hybridized carbons (Fsp3) is 0.333. The van der Waals surface area contributed by atoms with E-state index in [2.05, 4.69) is 5.32 Å². The molecular weight excluding hydrogens is 499 g/mol. The lowest BCUT2D eigenvalue weighted by Gasteiger charge is -2.27. The molecule has 2 aromatic carbocycles. The SMILES string of the molecule is COC(=N)c1ccc2c(c1)c(C(C)=O)cn2CC(=O)N1[C@@H]2C[C@@H]2C[C@H]1C(=O)NCc1cccc(Cl)c1F. The zero-order valence-corrected chi connectivity index (χ0v) is 21.1. The van der Waals surface area contributed by atoms with Gasteiger partial charge in [0.05, 0.1) is 12.1 Å². The molecule has 2 aliphatic rings. The highest BCUT2D eigenvalue weighted by molar-refractivity contribution is 6.30. The van der Waals surface area contributed by atoms with Gasteiger partial charge in [-0.3, -0.25) is 19.8 Å². The normalized spacial score (nSPS) is 20.0. The van der Waals surface area contributed by atoms with Gasteiger partial charge in [0, 0.05) is 46.4 Å². The van der Waals surface area contributed by atoms with Gasteiger partial charge in [-0.05, 0) is 49.9 Å². The number of ketones is 1. The van der Waals surface area contributed by atoms with Crippen LogP contribution in [-0.2, 0) is 27.4 Å². The molecule has 8 nitrogen and oxygen atoms in total. The van der Waals surface area contributed by atoms with E-state index >= 15 is 0 Å². The van der Waals surface area contributed by atoms with Crippen LogP contribution in [0.25, 0.3) is 10.9 Å². The molecule has 1 aliphatic heterocycles. The molecule has 3 atom stereocenters. The van der Waals surface area contributed by atoms with E-state index in [9.17, 15) is 18.8 Å². The molecule has 5 rings (SSSR count). The number of carbonyl (C=O) groups is 3. The molecule has 1 aliphatic carbocycles. The van der Waals surface area contributed by atoms with Crippen molar-refractivity contribution in [2.45, 2.75) is 44.9 Å². The monoisotopic (exact) mass is 524 g/mol. The summed E-state index contributed by atoms with van der Waals surface area (Å²) in [7, 11) is 1.40. The molecule has 1 saturated carbocycles. The smallest absolute Gasteiger partial charge is 0.243 e. The van der Waals surface area contributed by atoms with Gasteiger partial charge in [0.2, 0.25) is 17.7 Å². The Morgan fingerprint density at radius 1 is 1.22 bits per heavy atom. The van der Waals surface area contributed by atoms with E-state index in [1.165, 1.54) is 20.1 Å². The van der Waals surface area contributed by atoms with E-state index in [1.807, 2.05) is 0 Å². The number of ether oxygens (including phenoxy) is 1. The first-order chi connectivity index (χ1) is 17.7. The van der Waals surface area contributed by atoms with Crippen LogP contribution in [-0.4, -0.2) is 52.2 Å². The molecule has 10 heteroatoms. The van der Waals surface area contributed by atoms with E-state index in [0.717, 1.165) is 6.42 Å². The third-order valence-corrected chi connectivity index (χ3v) is 7.50. The minimum Gasteiger partial charge on any atom is -0.481 e. The lowest BCUT2D eigenvalue weighted by molar-refractivity contribution is -0.140.